The average Bonchev–Trinajstić information content (AvgIpc) is 2.17. The number of hydrogen-bond donors (Lipinski definition) is 1. The van der Waals surface area contributed by atoms with Crippen molar-refractivity contribution in [2.24, 2.45) is 9.81 Å². The molecule has 0 bridgehead atoms. The summed E-state index contributed by atoms with van der Waals surface area (Å²) in [5.74, 6) is 0.111. The molecule has 0 aliphatic heterocycles. The van der Waals surface area contributed by atoms with Gasteiger partial charge >= 0.3 is 0 Å². The lowest BCUT2D eigenvalue weighted by molar-refractivity contribution is 0.344. The van der Waals surface area contributed by atoms with Crippen LogP contribution in [-0.4, -0.2) is 39.4 Å². The Morgan fingerprint density at radius 1 is 1.31 bits per heavy atom. The second-order valence-electron chi connectivity index (χ2n) is 4.27. The molecule has 0 atom stereocenters. The highest BCUT2D eigenvalue weighted by Crippen LogP contribution is 2.26. The predicted molar refractivity (Wildman–Crippen MR) is 80.2 cm³/mol. The molecule has 0 heterocycles. The summed E-state index contributed by atoms with van der Waals surface area (Å²) in [4.78, 5) is 0. The first kappa shape index (κ1) is 18.7. The molecular weight excluding hydrogens is 339 g/mol. The molecule has 4 nitrogen and oxygen atoms in total. The Labute approximate surface area is 113 Å². The first-order chi connectivity index (χ1) is 7.24. The summed E-state index contributed by atoms with van der Waals surface area (Å²) in [5.41, 5.74) is 0.0823. The van der Waals surface area contributed by atoms with Crippen molar-refractivity contribution in [1.29, 1.82) is 0 Å². The first-order valence-electron chi connectivity index (χ1n) is 5.10. The molecule has 6 heteroatoms. The van der Waals surface area contributed by atoms with E-state index in [1.165, 1.54) is 0 Å². The molecule has 0 aromatic heterocycles. The zero-order valence-electron chi connectivity index (χ0n) is 10.6. The van der Waals surface area contributed by atoms with Crippen molar-refractivity contribution in [2.75, 3.05) is 24.3 Å². The lowest BCUT2D eigenvalue weighted by Crippen LogP contribution is -2.17. The quantitative estimate of drug-likeness (QED) is 0.447. The molecule has 0 aromatic carbocycles. The van der Waals surface area contributed by atoms with Gasteiger partial charge in [-0.15, -0.1) is 0 Å². The van der Waals surface area contributed by atoms with E-state index in [0.717, 1.165) is 10.8 Å². The minimum atomic E-state index is -3.26. The van der Waals surface area contributed by atoms with E-state index in [0.29, 0.717) is 6.42 Å². The summed E-state index contributed by atoms with van der Waals surface area (Å²) >= 11 is 2.30. The smallest absolute Gasteiger partial charge is 0.252 e. The normalized spacial score (nSPS) is 11.6. The minimum absolute atomic E-state index is 0.0823. The Hall–Kier alpha value is 0.310. The molecule has 0 aliphatic rings. The third-order valence-electron chi connectivity index (χ3n) is 2.00. The van der Waals surface area contributed by atoms with E-state index in [1.807, 2.05) is 14.1 Å². The van der Waals surface area contributed by atoms with E-state index in [1.54, 1.807) is 0 Å². The first-order valence-corrected chi connectivity index (χ1v) is 8.23. The van der Waals surface area contributed by atoms with Crippen LogP contribution in [0.25, 0.3) is 0 Å². The van der Waals surface area contributed by atoms with Crippen LogP contribution in [0.1, 0.15) is 26.7 Å². The van der Waals surface area contributed by atoms with Crippen LogP contribution < -0.4 is 5.32 Å². The Kier molecular flexibility index (Phi) is 10.9. The number of rotatable bonds is 6. The van der Waals surface area contributed by atoms with Gasteiger partial charge in [0, 0.05) is 11.1 Å². The SMILES string of the molecule is C=NS(=O)(=O)CCC(C)(C)CCI.CNC. The molecule has 98 valence electrons. The molecule has 16 heavy (non-hydrogen) atoms. The van der Waals surface area contributed by atoms with Crippen LogP contribution in [0.4, 0.5) is 0 Å². The molecule has 0 unspecified atom stereocenters. The summed E-state index contributed by atoms with van der Waals surface area (Å²) in [6.45, 7) is 7.19. The monoisotopic (exact) mass is 362 g/mol. The summed E-state index contributed by atoms with van der Waals surface area (Å²) < 4.78 is 26.2. The van der Waals surface area contributed by atoms with Crippen LogP contribution in [0.3, 0.4) is 0 Å². The maximum Gasteiger partial charge on any atom is 0.252 e. The van der Waals surface area contributed by atoms with Gasteiger partial charge in [0.25, 0.3) is 10.0 Å². The van der Waals surface area contributed by atoms with Crippen molar-refractivity contribution in [2.45, 2.75) is 26.7 Å². The number of nitrogens with zero attached hydrogens (tertiary/aromatic N) is 1. The second kappa shape index (κ2) is 9.35. The molecule has 0 amide bonds. The maximum absolute atomic E-state index is 11.0. The fourth-order valence-corrected chi connectivity index (χ4v) is 3.25. The van der Waals surface area contributed by atoms with Gasteiger partial charge in [0.15, 0.2) is 0 Å². The maximum atomic E-state index is 11.0. The van der Waals surface area contributed by atoms with Crippen molar-refractivity contribution >= 4 is 39.3 Å². The van der Waals surface area contributed by atoms with Crippen LogP contribution in [-0.2, 0) is 10.0 Å². The fourth-order valence-electron chi connectivity index (χ4n) is 0.851. The van der Waals surface area contributed by atoms with Gasteiger partial charge in [-0.05, 0) is 32.4 Å². The van der Waals surface area contributed by atoms with Gasteiger partial charge in [0.1, 0.15) is 0 Å². The van der Waals surface area contributed by atoms with E-state index in [-0.39, 0.29) is 11.2 Å². The van der Waals surface area contributed by atoms with Gasteiger partial charge in [-0.1, -0.05) is 36.4 Å². The highest BCUT2D eigenvalue weighted by atomic mass is 127. The summed E-state index contributed by atoms with van der Waals surface area (Å²) in [5, 5.41) is 2.75. The zero-order valence-corrected chi connectivity index (χ0v) is 13.6. The van der Waals surface area contributed by atoms with E-state index in [2.05, 4.69) is 52.9 Å². The van der Waals surface area contributed by atoms with Crippen LogP contribution in [0.15, 0.2) is 4.40 Å². The van der Waals surface area contributed by atoms with E-state index < -0.39 is 10.0 Å². The van der Waals surface area contributed by atoms with Crippen LogP contribution in [0, 0.1) is 5.41 Å². The average molecular weight is 362 g/mol. The van der Waals surface area contributed by atoms with Crippen molar-refractivity contribution in [3.8, 4) is 0 Å². The van der Waals surface area contributed by atoms with E-state index in [4.69, 9.17) is 0 Å². The third kappa shape index (κ3) is 12.4. The Morgan fingerprint density at radius 3 is 2.06 bits per heavy atom. The van der Waals surface area contributed by atoms with Crippen molar-refractivity contribution in [3.05, 3.63) is 0 Å². The fraction of sp³-hybridized carbons (Fsp3) is 0.900. The molecule has 0 aromatic rings. The van der Waals surface area contributed by atoms with Crippen molar-refractivity contribution < 1.29 is 8.42 Å². The van der Waals surface area contributed by atoms with Gasteiger partial charge in [-0.3, -0.25) is 0 Å². The number of alkyl halides is 1. The number of sulfonamides is 1. The Bertz CT molecular complexity index is 277. The highest BCUT2D eigenvalue weighted by molar-refractivity contribution is 14.1. The number of halogens is 1. The summed E-state index contributed by atoms with van der Waals surface area (Å²) in [6.07, 6.45) is 1.68. The molecule has 0 aliphatic carbocycles. The van der Waals surface area contributed by atoms with Crippen LogP contribution in [0.5, 0.6) is 0 Å². The molecule has 0 fully saturated rings. The third-order valence-corrected chi connectivity index (χ3v) is 3.66. The van der Waals surface area contributed by atoms with Gasteiger partial charge in [-0.2, -0.15) is 4.40 Å². The van der Waals surface area contributed by atoms with E-state index in [9.17, 15) is 8.42 Å². The lowest BCUT2D eigenvalue weighted by Gasteiger charge is -2.22. The Morgan fingerprint density at radius 2 is 1.75 bits per heavy atom. The van der Waals surface area contributed by atoms with Gasteiger partial charge in [0.2, 0.25) is 0 Å². The van der Waals surface area contributed by atoms with Gasteiger partial charge in [0.05, 0.1) is 5.75 Å². The summed E-state index contributed by atoms with van der Waals surface area (Å²) in [7, 11) is 0.490. The lowest BCUT2D eigenvalue weighted by atomic mass is 9.87. The molecule has 0 saturated carbocycles. The van der Waals surface area contributed by atoms with Crippen LogP contribution >= 0.6 is 22.6 Å². The number of hydrogen-bond acceptors (Lipinski definition) is 3. The van der Waals surface area contributed by atoms with Crippen molar-refractivity contribution in [1.82, 2.24) is 5.32 Å². The predicted octanol–water partition coefficient (Wildman–Crippen LogP) is 2.09. The Balaban J connectivity index is 0. The minimum Gasteiger partial charge on any atom is -0.323 e. The highest BCUT2D eigenvalue weighted by Gasteiger charge is 2.20. The second-order valence-corrected chi connectivity index (χ2v) is 7.18. The molecule has 0 rings (SSSR count). The van der Waals surface area contributed by atoms with E-state index >= 15 is 0 Å². The topological polar surface area (TPSA) is 58.5 Å². The zero-order chi connectivity index (χ0) is 13.2. The largest absolute Gasteiger partial charge is 0.323 e. The summed E-state index contributed by atoms with van der Waals surface area (Å²) in [6, 6.07) is 0. The van der Waals surface area contributed by atoms with Gasteiger partial charge in [-0.25, -0.2) is 8.42 Å². The standard InChI is InChI=1S/C8H16INO2S.C2H7N/c1-8(2,4-6-9)5-7-13(11,12)10-3;1-3-2/h3-7H2,1-2H3;3H,1-2H3. The van der Waals surface area contributed by atoms with Crippen molar-refractivity contribution in [3.63, 3.8) is 0 Å². The van der Waals surface area contributed by atoms with Crippen LogP contribution in [0.2, 0.25) is 0 Å². The number of nitrogens with one attached hydrogen (secondary N) is 1. The molecule has 1 N–H and O–H groups in total. The molecule has 0 radical (unpaired) electrons. The molecule has 0 saturated heterocycles. The molecular formula is C10H23IN2O2S. The molecule has 0 spiro atoms. The van der Waals surface area contributed by atoms with Gasteiger partial charge < -0.3 is 5.32 Å².